The van der Waals surface area contributed by atoms with Gasteiger partial charge in [-0.15, -0.1) is 0 Å². The van der Waals surface area contributed by atoms with Crippen molar-refractivity contribution in [1.82, 2.24) is 24.2 Å². The average molecular weight is 449 g/mol. The van der Waals surface area contributed by atoms with E-state index in [0.29, 0.717) is 18.4 Å². The van der Waals surface area contributed by atoms with Crippen LogP contribution in [0.3, 0.4) is 0 Å². The Bertz CT molecular complexity index is 1110. The van der Waals surface area contributed by atoms with Crippen LogP contribution in [-0.4, -0.2) is 43.2 Å². The fourth-order valence-corrected chi connectivity index (χ4v) is 4.56. The number of anilines is 1. The Morgan fingerprint density at radius 2 is 1.78 bits per heavy atom. The van der Waals surface area contributed by atoms with E-state index >= 15 is 0 Å². The molecule has 166 valence electrons. The van der Waals surface area contributed by atoms with E-state index in [2.05, 4.69) is 44.0 Å². The van der Waals surface area contributed by atoms with E-state index in [-0.39, 0.29) is 11.8 Å². The Kier molecular flexibility index (Phi) is 6.14. The van der Waals surface area contributed by atoms with E-state index in [0.717, 1.165) is 43.1 Å². The number of likely N-dealkylation sites (tertiary alicyclic amines) is 1. The van der Waals surface area contributed by atoms with Crippen molar-refractivity contribution in [3.8, 4) is 0 Å². The van der Waals surface area contributed by atoms with Gasteiger partial charge < -0.3 is 5.32 Å². The Balaban J connectivity index is 1.22. The molecule has 1 aliphatic heterocycles. The van der Waals surface area contributed by atoms with E-state index in [1.165, 1.54) is 18.4 Å². The summed E-state index contributed by atoms with van der Waals surface area (Å²) in [6, 6.07) is 16.0. The molecular weight excluding hydrogens is 420 g/mol. The van der Waals surface area contributed by atoms with Crippen LogP contribution >= 0.6 is 12.2 Å². The highest BCUT2D eigenvalue weighted by Gasteiger charge is 2.31. The number of pyridine rings is 1. The average Bonchev–Trinajstić information content (AvgIpc) is 3.63. The third-order valence-corrected chi connectivity index (χ3v) is 6.72. The summed E-state index contributed by atoms with van der Waals surface area (Å²) in [6.45, 7) is 3.15. The number of aromatic nitrogens is 4. The van der Waals surface area contributed by atoms with E-state index in [1.807, 2.05) is 28.9 Å². The fraction of sp³-hybridized carbons (Fsp3) is 0.417. The van der Waals surface area contributed by atoms with Gasteiger partial charge in [0.1, 0.15) is 11.6 Å². The summed E-state index contributed by atoms with van der Waals surface area (Å²) < 4.78 is 4.96. The molecule has 0 bridgehead atoms. The lowest BCUT2D eigenvalue weighted by Crippen LogP contribution is -2.39. The number of carbonyl (C=O) groups is 1. The molecule has 3 aromatic rings. The zero-order valence-electron chi connectivity index (χ0n) is 18.1. The molecule has 2 aromatic heterocycles. The first-order valence-corrected chi connectivity index (χ1v) is 11.7. The molecule has 0 radical (unpaired) electrons. The van der Waals surface area contributed by atoms with Crippen LogP contribution in [0.5, 0.6) is 0 Å². The minimum absolute atomic E-state index is 0.0129. The summed E-state index contributed by atoms with van der Waals surface area (Å²) >= 11 is 5.83. The summed E-state index contributed by atoms with van der Waals surface area (Å²) in [4.78, 5) is 19.1. The molecule has 1 N–H and O–H groups in total. The van der Waals surface area contributed by atoms with Gasteiger partial charge in [-0.05, 0) is 55.6 Å². The van der Waals surface area contributed by atoms with E-state index in [9.17, 15) is 4.79 Å². The lowest BCUT2D eigenvalue weighted by atomic mass is 9.96. The number of nitrogens with zero attached hydrogens (tertiary/aromatic N) is 5. The number of carbonyl (C=O) groups excluding carboxylic acids is 1. The number of benzene rings is 1. The van der Waals surface area contributed by atoms with Crippen LogP contribution in [0.15, 0.2) is 54.7 Å². The molecule has 1 aromatic carbocycles. The first-order chi connectivity index (χ1) is 15.7. The lowest BCUT2D eigenvalue weighted by Gasteiger charge is -2.30. The first-order valence-electron chi connectivity index (χ1n) is 11.3. The lowest BCUT2D eigenvalue weighted by molar-refractivity contribution is -0.121. The maximum Gasteiger partial charge on any atom is 0.228 e. The van der Waals surface area contributed by atoms with Crippen LogP contribution in [-0.2, 0) is 18.0 Å². The minimum Gasteiger partial charge on any atom is -0.310 e. The van der Waals surface area contributed by atoms with Gasteiger partial charge in [0, 0.05) is 31.1 Å². The molecule has 1 saturated carbocycles. The van der Waals surface area contributed by atoms with Crippen LogP contribution in [0.2, 0.25) is 0 Å². The summed E-state index contributed by atoms with van der Waals surface area (Å²) in [7, 11) is 0. The molecule has 2 aliphatic rings. The van der Waals surface area contributed by atoms with Gasteiger partial charge in [-0.1, -0.05) is 36.4 Å². The summed E-state index contributed by atoms with van der Waals surface area (Å²) in [5.41, 5.74) is 1.24. The van der Waals surface area contributed by atoms with Crippen LogP contribution in [0.4, 0.5) is 5.82 Å². The highest BCUT2D eigenvalue weighted by Crippen LogP contribution is 2.39. The van der Waals surface area contributed by atoms with Gasteiger partial charge in [0.2, 0.25) is 5.91 Å². The molecule has 3 heterocycles. The molecule has 7 nitrogen and oxygen atoms in total. The van der Waals surface area contributed by atoms with Gasteiger partial charge in [-0.2, -0.15) is 5.10 Å². The summed E-state index contributed by atoms with van der Waals surface area (Å²) in [5, 5.41) is 7.85. The number of hydrogen-bond donors (Lipinski definition) is 1. The predicted molar refractivity (Wildman–Crippen MR) is 126 cm³/mol. The minimum atomic E-state index is 0.0129. The number of hydrogen-bond acceptors (Lipinski definition) is 5. The second-order valence-corrected chi connectivity index (χ2v) is 9.09. The molecule has 0 atom stereocenters. The molecule has 2 fully saturated rings. The van der Waals surface area contributed by atoms with Gasteiger partial charge in [0.25, 0.3) is 0 Å². The Hall–Kier alpha value is -2.84. The third-order valence-electron chi connectivity index (χ3n) is 6.29. The second-order valence-electron chi connectivity index (χ2n) is 8.72. The SMILES string of the molecule is O=C(Nc1ccccn1)C1CCN(Cn2nc(C3CC3)n(Cc3ccccc3)c2=S)CC1. The smallest absolute Gasteiger partial charge is 0.228 e. The van der Waals surface area contributed by atoms with Crippen molar-refractivity contribution in [2.24, 2.45) is 5.92 Å². The van der Waals surface area contributed by atoms with E-state index in [4.69, 9.17) is 17.3 Å². The number of piperidine rings is 1. The molecule has 1 aliphatic carbocycles. The zero-order chi connectivity index (χ0) is 21.9. The van der Waals surface area contributed by atoms with Crippen molar-refractivity contribution in [1.29, 1.82) is 0 Å². The zero-order valence-corrected chi connectivity index (χ0v) is 18.9. The highest BCUT2D eigenvalue weighted by molar-refractivity contribution is 7.71. The van der Waals surface area contributed by atoms with Crippen molar-refractivity contribution in [3.05, 3.63) is 70.9 Å². The second kappa shape index (κ2) is 9.34. The number of nitrogens with one attached hydrogen (secondary N) is 1. The van der Waals surface area contributed by atoms with E-state index in [1.54, 1.807) is 6.20 Å². The fourth-order valence-electron chi connectivity index (χ4n) is 4.30. The Morgan fingerprint density at radius 1 is 1.03 bits per heavy atom. The predicted octanol–water partition coefficient (Wildman–Crippen LogP) is 4.04. The first kappa shape index (κ1) is 21.0. The molecule has 1 amide bonds. The molecule has 0 spiro atoms. The van der Waals surface area contributed by atoms with Crippen molar-refractivity contribution in [2.75, 3.05) is 18.4 Å². The van der Waals surface area contributed by atoms with Crippen molar-refractivity contribution < 1.29 is 4.79 Å². The molecular formula is C24H28N6OS. The number of rotatable bonds is 7. The maximum absolute atomic E-state index is 12.6. The summed E-state index contributed by atoms with van der Waals surface area (Å²) in [6.07, 6.45) is 5.72. The van der Waals surface area contributed by atoms with Crippen LogP contribution in [0.25, 0.3) is 0 Å². The van der Waals surface area contributed by atoms with Gasteiger partial charge in [0.15, 0.2) is 4.77 Å². The standard InChI is InChI=1S/C24H28N6OS/c31-23(26-21-8-4-5-13-25-21)20-11-14-28(15-12-20)17-30-24(32)29(22(27-30)19-9-10-19)16-18-6-2-1-3-7-18/h1-8,13,19-20H,9-12,14-17H2,(H,25,26,31). The summed E-state index contributed by atoms with van der Waals surface area (Å²) in [5.74, 6) is 2.33. The highest BCUT2D eigenvalue weighted by atomic mass is 32.1. The van der Waals surface area contributed by atoms with Gasteiger partial charge in [-0.25, -0.2) is 9.67 Å². The maximum atomic E-state index is 12.6. The molecule has 5 rings (SSSR count). The van der Waals surface area contributed by atoms with Crippen LogP contribution in [0.1, 0.15) is 43.0 Å². The largest absolute Gasteiger partial charge is 0.310 e. The van der Waals surface area contributed by atoms with Crippen molar-refractivity contribution >= 4 is 23.9 Å². The topological polar surface area (TPSA) is 68.0 Å². The van der Waals surface area contributed by atoms with Gasteiger partial charge >= 0.3 is 0 Å². The normalized spacial score (nSPS) is 17.4. The number of amides is 1. The molecule has 32 heavy (non-hydrogen) atoms. The van der Waals surface area contributed by atoms with Crippen LogP contribution < -0.4 is 5.32 Å². The van der Waals surface area contributed by atoms with Crippen molar-refractivity contribution in [3.63, 3.8) is 0 Å². The van der Waals surface area contributed by atoms with Crippen molar-refractivity contribution in [2.45, 2.75) is 44.8 Å². The monoisotopic (exact) mass is 448 g/mol. The van der Waals surface area contributed by atoms with Crippen LogP contribution in [0, 0.1) is 10.7 Å². The quantitative estimate of drug-likeness (QED) is 0.553. The van der Waals surface area contributed by atoms with E-state index < -0.39 is 0 Å². The molecule has 8 heteroatoms. The van der Waals surface area contributed by atoms with Gasteiger partial charge in [-0.3, -0.25) is 14.3 Å². The Labute approximate surface area is 193 Å². The molecule has 1 saturated heterocycles. The molecule has 0 unspecified atom stereocenters. The van der Waals surface area contributed by atoms with Gasteiger partial charge in [0.05, 0.1) is 13.2 Å². The third kappa shape index (κ3) is 4.81. The Morgan fingerprint density at radius 3 is 2.47 bits per heavy atom.